The average Bonchev–Trinajstić information content (AvgIpc) is 2.82. The van der Waals surface area contributed by atoms with Crippen LogP contribution in [0.15, 0.2) is 11.6 Å². The first-order chi connectivity index (χ1) is 11.1. The fourth-order valence-corrected chi connectivity index (χ4v) is 3.28. The van der Waals surface area contributed by atoms with Gasteiger partial charge < -0.3 is 20.1 Å². The van der Waals surface area contributed by atoms with Crippen molar-refractivity contribution in [2.45, 2.75) is 77.1 Å². The van der Waals surface area contributed by atoms with E-state index in [4.69, 9.17) is 4.74 Å². The molecule has 0 aromatic carbocycles. The first-order valence-electron chi connectivity index (χ1n) is 8.28. The summed E-state index contributed by atoms with van der Waals surface area (Å²) in [4.78, 5) is 37.8. The highest BCUT2D eigenvalue weighted by atomic mass is 16.6. The van der Waals surface area contributed by atoms with Crippen molar-refractivity contribution in [1.29, 1.82) is 0 Å². The van der Waals surface area contributed by atoms with Crippen LogP contribution in [-0.4, -0.2) is 51.7 Å². The van der Waals surface area contributed by atoms with Crippen molar-refractivity contribution in [3.63, 3.8) is 0 Å². The quantitative estimate of drug-likeness (QED) is 0.751. The number of rotatable bonds is 2. The molecule has 24 heavy (non-hydrogen) atoms. The van der Waals surface area contributed by atoms with Crippen LogP contribution in [0.25, 0.3) is 0 Å². The van der Waals surface area contributed by atoms with Crippen LogP contribution < -0.4 is 5.32 Å². The molecule has 7 heteroatoms. The number of fused-ring (bicyclic) bond motifs is 1. The second-order valence-corrected chi connectivity index (χ2v) is 7.52. The Morgan fingerprint density at radius 3 is 2.58 bits per heavy atom. The molecule has 1 saturated heterocycles. The predicted molar refractivity (Wildman–Crippen MR) is 87.4 cm³/mol. The minimum Gasteiger partial charge on any atom is -0.480 e. The number of carbonyl (C=O) groups excluding carboxylic acids is 2. The predicted octanol–water partition coefficient (Wildman–Crippen LogP) is 2.06. The summed E-state index contributed by atoms with van der Waals surface area (Å²) in [7, 11) is 0. The van der Waals surface area contributed by atoms with E-state index < -0.39 is 29.7 Å². The van der Waals surface area contributed by atoms with Gasteiger partial charge >= 0.3 is 12.1 Å². The molecule has 2 aliphatic heterocycles. The number of alkyl carbamates (subject to hydrolysis) is 1. The van der Waals surface area contributed by atoms with E-state index in [9.17, 15) is 19.5 Å². The summed E-state index contributed by atoms with van der Waals surface area (Å²) in [5, 5.41) is 12.0. The third kappa shape index (κ3) is 4.27. The second-order valence-electron chi connectivity index (χ2n) is 7.52. The van der Waals surface area contributed by atoms with E-state index in [-0.39, 0.29) is 11.9 Å². The van der Waals surface area contributed by atoms with Crippen molar-refractivity contribution in [3.8, 4) is 0 Å². The Balaban J connectivity index is 2.21. The average molecular weight is 338 g/mol. The Hall–Kier alpha value is -2.05. The molecule has 2 amide bonds. The van der Waals surface area contributed by atoms with Crippen LogP contribution in [0.3, 0.4) is 0 Å². The minimum absolute atomic E-state index is 0.127. The normalized spacial score (nSPS) is 29.8. The zero-order valence-corrected chi connectivity index (χ0v) is 14.7. The number of hydrogen-bond acceptors (Lipinski definition) is 4. The lowest BCUT2D eigenvalue weighted by atomic mass is 9.99. The number of amides is 2. The van der Waals surface area contributed by atoms with Gasteiger partial charge in [-0.15, -0.1) is 0 Å². The molecular weight excluding hydrogens is 312 g/mol. The number of carboxylic acid groups (broad SMARTS) is 1. The molecule has 0 aromatic rings. The van der Waals surface area contributed by atoms with E-state index in [0.717, 1.165) is 5.57 Å². The summed E-state index contributed by atoms with van der Waals surface area (Å²) in [6.07, 6.45) is 3.38. The van der Waals surface area contributed by atoms with Crippen LogP contribution in [0.1, 0.15) is 53.4 Å². The molecule has 2 N–H and O–H groups in total. The van der Waals surface area contributed by atoms with Gasteiger partial charge in [-0.25, -0.2) is 9.59 Å². The Kier molecular flexibility index (Phi) is 5.20. The number of carbonyl (C=O) groups is 3. The molecule has 0 spiro atoms. The molecule has 3 atom stereocenters. The fourth-order valence-electron chi connectivity index (χ4n) is 3.28. The van der Waals surface area contributed by atoms with E-state index in [1.54, 1.807) is 20.8 Å². The summed E-state index contributed by atoms with van der Waals surface area (Å²) < 4.78 is 5.22. The van der Waals surface area contributed by atoms with Crippen molar-refractivity contribution in [2.24, 2.45) is 0 Å². The smallest absolute Gasteiger partial charge is 0.408 e. The monoisotopic (exact) mass is 338 g/mol. The molecule has 1 fully saturated rings. The van der Waals surface area contributed by atoms with Gasteiger partial charge in [-0.05, 0) is 53.4 Å². The Labute approximate surface area is 142 Å². The Morgan fingerprint density at radius 1 is 1.33 bits per heavy atom. The second kappa shape index (κ2) is 6.83. The Morgan fingerprint density at radius 2 is 2.00 bits per heavy atom. The third-order valence-electron chi connectivity index (χ3n) is 4.29. The SMILES string of the molecule is C/C1=C/C[C@H](NC(=O)OC(C)(C)C)C(=O)N2[C@H](CC[C@H]2C(=O)O)C1. The fraction of sp³-hybridized carbons (Fsp3) is 0.706. The Bertz CT molecular complexity index is 564. The topological polar surface area (TPSA) is 95.9 Å². The largest absolute Gasteiger partial charge is 0.480 e. The summed E-state index contributed by atoms with van der Waals surface area (Å²) >= 11 is 0. The first-order valence-corrected chi connectivity index (χ1v) is 8.28. The molecule has 0 bridgehead atoms. The summed E-state index contributed by atoms with van der Waals surface area (Å²) in [5.74, 6) is -1.34. The van der Waals surface area contributed by atoms with Crippen LogP contribution in [0.4, 0.5) is 4.79 Å². The van der Waals surface area contributed by atoms with Crippen LogP contribution in [0.5, 0.6) is 0 Å². The number of ether oxygens (including phenoxy) is 1. The molecule has 0 saturated carbocycles. The van der Waals surface area contributed by atoms with E-state index >= 15 is 0 Å². The van der Waals surface area contributed by atoms with Crippen LogP contribution in [0.2, 0.25) is 0 Å². The van der Waals surface area contributed by atoms with E-state index in [1.807, 2.05) is 13.0 Å². The lowest BCUT2D eigenvalue weighted by Gasteiger charge is -2.34. The zero-order chi connectivity index (χ0) is 18.1. The van der Waals surface area contributed by atoms with Crippen molar-refractivity contribution >= 4 is 18.0 Å². The highest BCUT2D eigenvalue weighted by molar-refractivity contribution is 5.90. The minimum atomic E-state index is -0.996. The zero-order valence-electron chi connectivity index (χ0n) is 14.7. The first kappa shape index (κ1) is 18.3. The van der Waals surface area contributed by atoms with Gasteiger partial charge in [0.15, 0.2) is 0 Å². The molecule has 0 unspecified atom stereocenters. The number of aliphatic carboxylic acids is 1. The molecule has 2 rings (SSSR count). The van der Waals surface area contributed by atoms with E-state index in [1.165, 1.54) is 4.90 Å². The summed E-state index contributed by atoms with van der Waals surface area (Å²) in [5.41, 5.74) is 0.430. The van der Waals surface area contributed by atoms with Gasteiger partial charge in [-0.1, -0.05) is 11.6 Å². The van der Waals surface area contributed by atoms with Gasteiger partial charge in [-0.3, -0.25) is 4.79 Å². The molecule has 2 heterocycles. The van der Waals surface area contributed by atoms with Crippen molar-refractivity contribution in [1.82, 2.24) is 10.2 Å². The number of hydrogen-bond donors (Lipinski definition) is 2. The lowest BCUT2D eigenvalue weighted by molar-refractivity contribution is -0.150. The van der Waals surface area contributed by atoms with Gasteiger partial charge in [-0.2, -0.15) is 0 Å². The number of nitrogens with one attached hydrogen (secondary N) is 1. The number of nitrogens with zero attached hydrogens (tertiary/aromatic N) is 1. The molecule has 2 aliphatic rings. The summed E-state index contributed by atoms with van der Waals surface area (Å²) in [6.45, 7) is 7.20. The van der Waals surface area contributed by atoms with E-state index in [0.29, 0.717) is 25.7 Å². The maximum atomic E-state index is 12.9. The maximum Gasteiger partial charge on any atom is 0.408 e. The molecular formula is C17H26N2O5. The van der Waals surface area contributed by atoms with Crippen LogP contribution in [0, 0.1) is 0 Å². The van der Waals surface area contributed by atoms with Gasteiger partial charge in [0.05, 0.1) is 0 Å². The lowest BCUT2D eigenvalue weighted by Crippen LogP contribution is -2.55. The van der Waals surface area contributed by atoms with Gasteiger partial charge in [0.1, 0.15) is 17.7 Å². The van der Waals surface area contributed by atoms with Crippen molar-refractivity contribution in [2.75, 3.05) is 0 Å². The molecule has 7 nitrogen and oxygen atoms in total. The van der Waals surface area contributed by atoms with Crippen LogP contribution >= 0.6 is 0 Å². The van der Waals surface area contributed by atoms with Gasteiger partial charge in [0.2, 0.25) is 5.91 Å². The molecule has 0 aromatic heterocycles. The molecule has 134 valence electrons. The van der Waals surface area contributed by atoms with Crippen molar-refractivity contribution in [3.05, 3.63) is 11.6 Å². The molecule has 0 aliphatic carbocycles. The van der Waals surface area contributed by atoms with Crippen molar-refractivity contribution < 1.29 is 24.2 Å². The summed E-state index contributed by atoms with van der Waals surface area (Å²) in [6, 6.07) is -1.76. The van der Waals surface area contributed by atoms with Gasteiger partial charge in [0, 0.05) is 6.04 Å². The highest BCUT2D eigenvalue weighted by Gasteiger charge is 2.44. The van der Waals surface area contributed by atoms with Gasteiger partial charge in [0.25, 0.3) is 0 Å². The third-order valence-corrected chi connectivity index (χ3v) is 4.29. The molecule has 0 radical (unpaired) electrons. The van der Waals surface area contributed by atoms with E-state index in [2.05, 4.69) is 5.32 Å². The standard InChI is InChI=1S/C17H26N2O5/c1-10-5-7-12(18-16(23)24-17(2,3)4)14(20)19-11(9-10)6-8-13(19)15(21)22/h5,11-13H,6-9H2,1-4H3,(H,18,23)(H,21,22)/b10-5-/t11-,12+,13+/m1/s1. The highest BCUT2D eigenvalue weighted by Crippen LogP contribution is 2.31. The maximum absolute atomic E-state index is 12.9. The number of carboxylic acids is 1. The van der Waals surface area contributed by atoms with Crippen LogP contribution in [-0.2, 0) is 14.3 Å².